The Balaban J connectivity index is 2.14. The first-order valence-corrected chi connectivity index (χ1v) is 9.11. The third kappa shape index (κ3) is 5.14. The molecule has 1 heterocycles. The van der Waals surface area contributed by atoms with Crippen molar-refractivity contribution in [3.05, 3.63) is 51.7 Å². The van der Waals surface area contributed by atoms with Gasteiger partial charge in [-0.25, -0.2) is 14.0 Å². The first-order chi connectivity index (χ1) is 13.3. The van der Waals surface area contributed by atoms with Crippen molar-refractivity contribution >= 4 is 34.2 Å². The molecule has 0 bridgehead atoms. The molecule has 2 rings (SSSR count). The van der Waals surface area contributed by atoms with Crippen LogP contribution in [0.5, 0.6) is 0 Å². The Morgan fingerprint density at radius 3 is 2.46 bits per heavy atom. The number of carbonyl (C=O) groups is 3. The van der Waals surface area contributed by atoms with E-state index >= 15 is 0 Å². The molecule has 150 valence electrons. The lowest BCUT2D eigenvalue weighted by atomic mass is 10.1. The fourth-order valence-corrected chi connectivity index (χ4v) is 3.78. The van der Waals surface area contributed by atoms with Crippen LogP contribution < -0.4 is 5.32 Å². The first-order valence-electron chi connectivity index (χ1n) is 8.29. The molecule has 2 aromatic rings. The van der Waals surface area contributed by atoms with Crippen LogP contribution >= 0.6 is 11.3 Å². The Labute approximate surface area is 166 Å². The van der Waals surface area contributed by atoms with Crippen LogP contribution in [0, 0.1) is 12.7 Å². The molecule has 0 spiro atoms. The van der Waals surface area contributed by atoms with E-state index in [-0.39, 0.29) is 33.7 Å². The average Bonchev–Trinajstić information content (AvgIpc) is 2.96. The zero-order chi connectivity index (χ0) is 20.8. The molecule has 9 heteroatoms. The molecule has 0 radical (unpaired) electrons. The number of rotatable bonds is 7. The summed E-state index contributed by atoms with van der Waals surface area (Å²) >= 11 is 0.948. The molecule has 0 unspecified atom stereocenters. The van der Waals surface area contributed by atoms with Gasteiger partial charge >= 0.3 is 11.9 Å². The van der Waals surface area contributed by atoms with Gasteiger partial charge in [-0.1, -0.05) is 12.1 Å². The number of likely N-dealkylation sites (N-methyl/N-ethyl adjacent to an activating group) is 1. The molecule has 0 saturated carbocycles. The van der Waals surface area contributed by atoms with Crippen LogP contribution in [-0.4, -0.2) is 50.6 Å². The fraction of sp³-hybridized carbons (Fsp3) is 0.316. The summed E-state index contributed by atoms with van der Waals surface area (Å²) in [7, 11) is 4.17. The number of nitrogens with zero attached hydrogens (tertiary/aromatic N) is 1. The molecule has 1 aromatic carbocycles. The van der Waals surface area contributed by atoms with Crippen LogP contribution in [0.3, 0.4) is 0 Å². The van der Waals surface area contributed by atoms with Gasteiger partial charge in [0.1, 0.15) is 15.7 Å². The van der Waals surface area contributed by atoms with Crippen molar-refractivity contribution in [2.45, 2.75) is 13.5 Å². The summed E-state index contributed by atoms with van der Waals surface area (Å²) < 4.78 is 22.7. The molecule has 0 atom stereocenters. The molecule has 1 amide bonds. The van der Waals surface area contributed by atoms with Gasteiger partial charge < -0.3 is 14.8 Å². The predicted octanol–water partition coefficient (Wildman–Crippen LogP) is 2.84. The Kier molecular flexibility index (Phi) is 7.24. The van der Waals surface area contributed by atoms with Crippen molar-refractivity contribution in [1.82, 2.24) is 4.90 Å². The van der Waals surface area contributed by atoms with E-state index in [4.69, 9.17) is 9.47 Å². The Hall–Kier alpha value is -2.78. The van der Waals surface area contributed by atoms with E-state index in [1.165, 1.54) is 26.4 Å². The van der Waals surface area contributed by atoms with Gasteiger partial charge in [0.2, 0.25) is 5.91 Å². The summed E-state index contributed by atoms with van der Waals surface area (Å²) in [4.78, 5) is 38.3. The molecule has 0 fully saturated rings. The number of amides is 1. The van der Waals surface area contributed by atoms with Crippen molar-refractivity contribution in [2.24, 2.45) is 0 Å². The number of esters is 2. The Morgan fingerprint density at radius 2 is 1.86 bits per heavy atom. The van der Waals surface area contributed by atoms with Gasteiger partial charge in [0.05, 0.1) is 26.3 Å². The number of halogens is 1. The zero-order valence-corrected chi connectivity index (χ0v) is 16.8. The third-order valence-corrected chi connectivity index (χ3v) is 5.10. The normalized spacial score (nSPS) is 10.6. The fourth-order valence-electron chi connectivity index (χ4n) is 2.65. The molecular weight excluding hydrogens is 387 g/mol. The summed E-state index contributed by atoms with van der Waals surface area (Å²) in [6, 6.07) is 6.11. The SMILES string of the molecule is COC(=O)c1sc(NC(=O)CN(C)Cc2cccc(F)c2)c(C(=O)OC)c1C. The number of carbonyl (C=O) groups excluding carboxylic acids is 3. The van der Waals surface area contributed by atoms with Crippen LogP contribution in [0.15, 0.2) is 24.3 Å². The highest BCUT2D eigenvalue weighted by molar-refractivity contribution is 7.18. The monoisotopic (exact) mass is 408 g/mol. The molecule has 0 aliphatic carbocycles. The number of nitrogens with one attached hydrogen (secondary N) is 1. The molecule has 7 nitrogen and oxygen atoms in total. The lowest BCUT2D eigenvalue weighted by Gasteiger charge is -2.16. The highest BCUT2D eigenvalue weighted by Gasteiger charge is 2.26. The van der Waals surface area contributed by atoms with E-state index in [1.807, 2.05) is 0 Å². The summed E-state index contributed by atoms with van der Waals surface area (Å²) in [5, 5.41) is 2.87. The maximum atomic E-state index is 13.3. The standard InChI is InChI=1S/C19H21FN2O5S/c1-11-15(18(24)26-3)17(28-16(11)19(25)27-4)21-14(23)10-22(2)9-12-6-5-7-13(20)8-12/h5-8H,9-10H2,1-4H3,(H,21,23). The molecular formula is C19H21FN2O5S. The minimum atomic E-state index is -0.660. The van der Waals surface area contributed by atoms with Crippen molar-refractivity contribution < 1.29 is 28.2 Å². The van der Waals surface area contributed by atoms with Crippen LogP contribution in [0.2, 0.25) is 0 Å². The average molecular weight is 408 g/mol. The number of methoxy groups -OCH3 is 2. The zero-order valence-electron chi connectivity index (χ0n) is 16.0. The van der Waals surface area contributed by atoms with Crippen LogP contribution in [0.1, 0.15) is 31.2 Å². The number of thiophene rings is 1. The quantitative estimate of drug-likeness (QED) is 0.709. The molecule has 1 N–H and O–H groups in total. The topological polar surface area (TPSA) is 84.9 Å². The number of hydrogen-bond acceptors (Lipinski definition) is 7. The minimum absolute atomic E-state index is 0.00162. The van der Waals surface area contributed by atoms with Gasteiger partial charge in [-0.3, -0.25) is 9.69 Å². The van der Waals surface area contributed by atoms with E-state index in [0.29, 0.717) is 12.1 Å². The minimum Gasteiger partial charge on any atom is -0.465 e. The highest BCUT2D eigenvalue weighted by Crippen LogP contribution is 2.34. The van der Waals surface area contributed by atoms with E-state index in [0.717, 1.165) is 16.9 Å². The number of benzene rings is 1. The molecule has 1 aromatic heterocycles. The van der Waals surface area contributed by atoms with Crippen molar-refractivity contribution in [3.63, 3.8) is 0 Å². The predicted molar refractivity (Wildman–Crippen MR) is 103 cm³/mol. The smallest absolute Gasteiger partial charge is 0.348 e. The largest absolute Gasteiger partial charge is 0.465 e. The van der Waals surface area contributed by atoms with Crippen LogP contribution in [0.25, 0.3) is 0 Å². The lowest BCUT2D eigenvalue weighted by molar-refractivity contribution is -0.117. The maximum absolute atomic E-state index is 13.3. The highest BCUT2D eigenvalue weighted by atomic mass is 32.1. The summed E-state index contributed by atoms with van der Waals surface area (Å²) in [6.07, 6.45) is 0. The van der Waals surface area contributed by atoms with Gasteiger partial charge in [-0.2, -0.15) is 0 Å². The van der Waals surface area contributed by atoms with Crippen molar-refractivity contribution in [3.8, 4) is 0 Å². The maximum Gasteiger partial charge on any atom is 0.348 e. The van der Waals surface area contributed by atoms with E-state index in [9.17, 15) is 18.8 Å². The van der Waals surface area contributed by atoms with Gasteiger partial charge in [-0.05, 0) is 37.2 Å². The van der Waals surface area contributed by atoms with E-state index in [1.54, 1.807) is 31.0 Å². The number of ether oxygens (including phenoxy) is 2. The first kappa shape index (κ1) is 21.5. The molecule has 0 aliphatic rings. The number of anilines is 1. The third-order valence-electron chi connectivity index (χ3n) is 3.92. The van der Waals surface area contributed by atoms with Gasteiger partial charge in [0.15, 0.2) is 0 Å². The second kappa shape index (κ2) is 9.43. The molecule has 0 saturated heterocycles. The summed E-state index contributed by atoms with van der Waals surface area (Å²) in [5.74, 6) is -1.99. The van der Waals surface area contributed by atoms with Crippen molar-refractivity contribution in [2.75, 3.05) is 33.1 Å². The van der Waals surface area contributed by atoms with E-state index in [2.05, 4.69) is 5.32 Å². The summed E-state index contributed by atoms with van der Waals surface area (Å²) in [5.41, 5.74) is 1.23. The Morgan fingerprint density at radius 1 is 1.18 bits per heavy atom. The second-order valence-electron chi connectivity index (χ2n) is 6.09. The second-order valence-corrected chi connectivity index (χ2v) is 7.11. The van der Waals surface area contributed by atoms with Gasteiger partial charge in [-0.15, -0.1) is 11.3 Å². The lowest BCUT2D eigenvalue weighted by Crippen LogP contribution is -2.30. The summed E-state index contributed by atoms with van der Waals surface area (Å²) in [6.45, 7) is 1.95. The van der Waals surface area contributed by atoms with Crippen molar-refractivity contribution in [1.29, 1.82) is 0 Å². The van der Waals surface area contributed by atoms with E-state index < -0.39 is 11.9 Å². The molecule has 28 heavy (non-hydrogen) atoms. The molecule has 0 aliphatic heterocycles. The van der Waals surface area contributed by atoms with Crippen LogP contribution in [-0.2, 0) is 20.8 Å². The van der Waals surface area contributed by atoms with Crippen LogP contribution in [0.4, 0.5) is 9.39 Å². The Bertz CT molecular complexity index is 896. The van der Waals surface area contributed by atoms with Gasteiger partial charge in [0, 0.05) is 6.54 Å². The number of hydrogen-bond donors (Lipinski definition) is 1. The van der Waals surface area contributed by atoms with Gasteiger partial charge in [0.25, 0.3) is 0 Å².